The Labute approximate surface area is 109 Å². The van der Waals surface area contributed by atoms with Crippen molar-refractivity contribution in [3.05, 3.63) is 20.8 Å². The van der Waals surface area contributed by atoms with Crippen LogP contribution in [0.25, 0.3) is 0 Å². The molecule has 2 nitrogen and oxygen atoms in total. The summed E-state index contributed by atoms with van der Waals surface area (Å²) < 4.78 is 1.18. The summed E-state index contributed by atoms with van der Waals surface area (Å²) in [5.41, 5.74) is 0. The third-order valence-corrected chi connectivity index (χ3v) is 4.83. The number of hydrogen-bond donors (Lipinski definition) is 2. The van der Waals surface area contributed by atoms with Crippen molar-refractivity contribution in [3.8, 4) is 0 Å². The van der Waals surface area contributed by atoms with E-state index in [4.69, 9.17) is 0 Å². The zero-order valence-corrected chi connectivity index (χ0v) is 11.7. The Morgan fingerprint density at radius 2 is 2.19 bits per heavy atom. The maximum absolute atomic E-state index is 9.83. The molecule has 1 aliphatic carbocycles. The van der Waals surface area contributed by atoms with Gasteiger partial charge in [-0.15, -0.1) is 11.3 Å². The summed E-state index contributed by atoms with van der Waals surface area (Å²) in [6.07, 6.45) is 4.53. The molecule has 2 rings (SSSR count). The molecular weight excluding hydrogens is 286 g/mol. The van der Waals surface area contributed by atoms with Crippen LogP contribution in [-0.2, 0) is 6.54 Å². The molecule has 90 valence electrons. The molecule has 1 saturated carbocycles. The summed E-state index contributed by atoms with van der Waals surface area (Å²) in [4.78, 5) is 1.34. The van der Waals surface area contributed by atoms with Gasteiger partial charge >= 0.3 is 0 Å². The number of rotatable bonds is 4. The zero-order chi connectivity index (χ0) is 11.4. The molecule has 0 amide bonds. The fraction of sp³-hybridized carbons (Fsp3) is 0.667. The quantitative estimate of drug-likeness (QED) is 0.895. The lowest BCUT2D eigenvalue weighted by Crippen LogP contribution is -2.33. The Bertz CT molecular complexity index is 329. The summed E-state index contributed by atoms with van der Waals surface area (Å²) in [7, 11) is 0. The van der Waals surface area contributed by atoms with Gasteiger partial charge in [0.2, 0.25) is 0 Å². The van der Waals surface area contributed by atoms with Crippen LogP contribution in [0.1, 0.15) is 30.6 Å². The summed E-state index contributed by atoms with van der Waals surface area (Å²) in [5, 5.41) is 13.3. The smallest absolute Gasteiger partial charge is 0.0701 e. The van der Waals surface area contributed by atoms with Crippen molar-refractivity contribution < 1.29 is 5.11 Å². The highest BCUT2D eigenvalue weighted by atomic mass is 79.9. The van der Waals surface area contributed by atoms with Crippen molar-refractivity contribution in [2.45, 2.75) is 38.3 Å². The standard InChI is InChI=1S/C12H18BrNOS/c13-12-6-5-10(16-12)8-14-7-9-3-1-2-4-11(9)15/h5-6,9,11,14-15H,1-4,7-8H2. The van der Waals surface area contributed by atoms with Gasteiger partial charge in [-0.25, -0.2) is 0 Å². The van der Waals surface area contributed by atoms with Crippen LogP contribution in [0.3, 0.4) is 0 Å². The van der Waals surface area contributed by atoms with Gasteiger partial charge in [-0.2, -0.15) is 0 Å². The lowest BCUT2D eigenvalue weighted by molar-refractivity contribution is 0.0695. The minimum absolute atomic E-state index is 0.0867. The van der Waals surface area contributed by atoms with Gasteiger partial charge in [0.15, 0.2) is 0 Å². The van der Waals surface area contributed by atoms with Gasteiger partial charge in [-0.05, 0) is 46.8 Å². The van der Waals surface area contributed by atoms with Crippen molar-refractivity contribution in [3.63, 3.8) is 0 Å². The Hall–Kier alpha value is 0.1000. The molecule has 2 unspecified atom stereocenters. The lowest BCUT2D eigenvalue weighted by atomic mass is 9.86. The van der Waals surface area contributed by atoms with E-state index in [0.717, 1.165) is 19.5 Å². The highest BCUT2D eigenvalue weighted by Crippen LogP contribution is 2.24. The first-order valence-corrected chi connectivity index (χ1v) is 7.49. The van der Waals surface area contributed by atoms with Gasteiger partial charge in [0, 0.05) is 18.0 Å². The number of halogens is 1. The Kier molecular flexibility index (Phi) is 4.82. The van der Waals surface area contributed by atoms with E-state index in [-0.39, 0.29) is 6.10 Å². The maximum atomic E-state index is 9.83. The maximum Gasteiger partial charge on any atom is 0.0701 e. The van der Waals surface area contributed by atoms with Crippen molar-refractivity contribution in [1.29, 1.82) is 0 Å². The summed E-state index contributed by atoms with van der Waals surface area (Å²) in [5.74, 6) is 0.456. The van der Waals surface area contributed by atoms with Crippen LogP contribution in [-0.4, -0.2) is 17.8 Å². The third kappa shape index (κ3) is 3.55. The molecule has 1 aromatic rings. The van der Waals surface area contributed by atoms with Gasteiger partial charge < -0.3 is 10.4 Å². The summed E-state index contributed by atoms with van der Waals surface area (Å²) in [6.45, 7) is 1.86. The highest BCUT2D eigenvalue weighted by Gasteiger charge is 2.22. The van der Waals surface area contributed by atoms with E-state index in [2.05, 4.69) is 33.4 Å². The second-order valence-electron chi connectivity index (χ2n) is 4.45. The molecule has 1 aliphatic rings. The van der Waals surface area contributed by atoms with Crippen LogP contribution in [0.4, 0.5) is 0 Å². The Morgan fingerprint density at radius 3 is 2.88 bits per heavy atom. The number of aliphatic hydroxyl groups is 1. The zero-order valence-electron chi connectivity index (χ0n) is 9.29. The minimum atomic E-state index is -0.0867. The molecule has 1 heterocycles. The lowest BCUT2D eigenvalue weighted by Gasteiger charge is -2.27. The SMILES string of the molecule is OC1CCCCC1CNCc1ccc(Br)s1. The van der Waals surface area contributed by atoms with Gasteiger partial charge in [-0.3, -0.25) is 0 Å². The van der Waals surface area contributed by atoms with E-state index in [1.807, 2.05) is 0 Å². The molecule has 4 heteroatoms. The van der Waals surface area contributed by atoms with Crippen LogP contribution < -0.4 is 5.32 Å². The number of thiophene rings is 1. The third-order valence-electron chi connectivity index (χ3n) is 3.20. The predicted octanol–water partition coefficient (Wildman–Crippen LogP) is 3.15. The van der Waals surface area contributed by atoms with E-state index in [9.17, 15) is 5.11 Å². The first-order valence-electron chi connectivity index (χ1n) is 5.88. The van der Waals surface area contributed by atoms with Crippen LogP contribution in [0.5, 0.6) is 0 Å². The monoisotopic (exact) mass is 303 g/mol. The second kappa shape index (κ2) is 6.15. The van der Waals surface area contributed by atoms with Crippen molar-refractivity contribution in [2.75, 3.05) is 6.54 Å². The molecule has 0 aromatic carbocycles. The van der Waals surface area contributed by atoms with E-state index in [1.54, 1.807) is 11.3 Å². The van der Waals surface area contributed by atoms with E-state index >= 15 is 0 Å². The summed E-state index contributed by atoms with van der Waals surface area (Å²) >= 11 is 5.23. The Balaban J connectivity index is 1.71. The molecule has 2 atom stereocenters. The molecule has 1 fully saturated rings. The van der Waals surface area contributed by atoms with E-state index in [1.165, 1.54) is 27.9 Å². The first kappa shape index (κ1) is 12.6. The normalized spacial score (nSPS) is 25.9. The highest BCUT2D eigenvalue weighted by molar-refractivity contribution is 9.11. The van der Waals surface area contributed by atoms with Gasteiger partial charge in [-0.1, -0.05) is 12.8 Å². The molecule has 16 heavy (non-hydrogen) atoms. The van der Waals surface area contributed by atoms with Gasteiger partial charge in [0.25, 0.3) is 0 Å². The van der Waals surface area contributed by atoms with Crippen LogP contribution >= 0.6 is 27.3 Å². The van der Waals surface area contributed by atoms with Gasteiger partial charge in [0.05, 0.1) is 9.89 Å². The topological polar surface area (TPSA) is 32.3 Å². The van der Waals surface area contributed by atoms with Crippen LogP contribution in [0, 0.1) is 5.92 Å². The van der Waals surface area contributed by atoms with Crippen LogP contribution in [0.15, 0.2) is 15.9 Å². The fourth-order valence-electron chi connectivity index (χ4n) is 2.25. The molecule has 0 aliphatic heterocycles. The van der Waals surface area contributed by atoms with E-state index < -0.39 is 0 Å². The van der Waals surface area contributed by atoms with Crippen molar-refractivity contribution >= 4 is 27.3 Å². The molecular formula is C12H18BrNOS. The number of aliphatic hydroxyl groups excluding tert-OH is 1. The predicted molar refractivity (Wildman–Crippen MR) is 71.7 cm³/mol. The van der Waals surface area contributed by atoms with E-state index in [0.29, 0.717) is 5.92 Å². The minimum Gasteiger partial charge on any atom is -0.393 e. The molecule has 0 spiro atoms. The largest absolute Gasteiger partial charge is 0.393 e. The number of hydrogen-bond acceptors (Lipinski definition) is 3. The van der Waals surface area contributed by atoms with Crippen molar-refractivity contribution in [1.82, 2.24) is 5.32 Å². The molecule has 0 bridgehead atoms. The molecule has 0 saturated heterocycles. The molecule has 2 N–H and O–H groups in total. The molecule has 0 radical (unpaired) electrons. The average Bonchev–Trinajstić information content (AvgIpc) is 2.67. The van der Waals surface area contributed by atoms with Gasteiger partial charge in [0.1, 0.15) is 0 Å². The van der Waals surface area contributed by atoms with Crippen LogP contribution in [0.2, 0.25) is 0 Å². The first-order chi connectivity index (χ1) is 7.75. The molecule has 1 aromatic heterocycles. The average molecular weight is 304 g/mol. The Morgan fingerprint density at radius 1 is 1.38 bits per heavy atom. The number of nitrogens with one attached hydrogen (secondary N) is 1. The van der Waals surface area contributed by atoms with Crippen molar-refractivity contribution in [2.24, 2.45) is 5.92 Å². The second-order valence-corrected chi connectivity index (χ2v) is 7.00. The summed E-state index contributed by atoms with van der Waals surface area (Å²) in [6, 6.07) is 4.22. The fourth-order valence-corrected chi connectivity index (χ4v) is 3.71.